The number of amides is 1. The first-order chi connectivity index (χ1) is 18.0. The molecule has 9 nitrogen and oxygen atoms in total. The molecule has 1 amide bonds. The molecular weight excluding hydrogens is 472 g/mol. The summed E-state index contributed by atoms with van der Waals surface area (Å²) in [5.41, 5.74) is 5.01. The van der Waals surface area contributed by atoms with Gasteiger partial charge in [-0.05, 0) is 91.6 Å². The number of ether oxygens (including phenoxy) is 2. The summed E-state index contributed by atoms with van der Waals surface area (Å²) in [6.07, 6.45) is 6.65. The molecule has 1 unspecified atom stereocenters. The average molecular weight is 505 g/mol. The minimum absolute atomic E-state index is 0.0589. The molecule has 9 heteroatoms. The van der Waals surface area contributed by atoms with Gasteiger partial charge in [-0.25, -0.2) is 0 Å². The second-order valence-electron chi connectivity index (χ2n) is 9.80. The Hall–Kier alpha value is -3.56. The Morgan fingerprint density at radius 3 is 2.81 bits per heavy atom. The van der Waals surface area contributed by atoms with Gasteiger partial charge in [0.1, 0.15) is 0 Å². The Morgan fingerprint density at radius 2 is 2.03 bits per heavy atom. The lowest BCUT2D eigenvalue weighted by Gasteiger charge is -2.22. The smallest absolute Gasteiger partial charge is 0.310 e. The topological polar surface area (TPSA) is 115 Å². The van der Waals surface area contributed by atoms with Gasteiger partial charge in [0.2, 0.25) is 5.91 Å². The van der Waals surface area contributed by atoms with E-state index in [4.69, 9.17) is 14.5 Å². The largest absolute Gasteiger partial charge is 0.490 e. The maximum Gasteiger partial charge on any atom is 0.310 e. The van der Waals surface area contributed by atoms with Crippen LogP contribution in [0.4, 0.5) is 17.1 Å². The second-order valence-corrected chi connectivity index (χ2v) is 9.80. The van der Waals surface area contributed by atoms with Crippen molar-refractivity contribution in [1.29, 1.82) is 0 Å². The third-order valence-corrected chi connectivity index (χ3v) is 7.41. The maximum atomic E-state index is 13.0. The standard InChI is InChI=1S/C28H32N4O5/c1-36-27-16-21(4-7-26(27)32(34)35)20-3-5-22-24(15-20)30-25-14-19(2-6-23(25)31-28(22)33)17-29-11-8-18-9-12-37-13-10-18/h2,4,6-7,14-16,18,22,29H,3,5,8-13,17H2,1H3,(H,31,33). The number of rotatable bonds is 8. The van der Waals surface area contributed by atoms with Gasteiger partial charge in [0.05, 0.1) is 35.0 Å². The number of carbonyl (C=O) groups excluding carboxylic acids is 1. The van der Waals surface area contributed by atoms with Crippen LogP contribution in [0.5, 0.6) is 5.75 Å². The molecule has 2 aromatic rings. The summed E-state index contributed by atoms with van der Waals surface area (Å²) in [5, 5.41) is 17.9. The van der Waals surface area contributed by atoms with E-state index in [-0.39, 0.29) is 23.3 Å². The van der Waals surface area contributed by atoms with Gasteiger partial charge in [-0.1, -0.05) is 6.07 Å². The molecule has 3 aliphatic rings. The quantitative estimate of drug-likeness (QED) is 0.296. The molecule has 0 radical (unpaired) electrons. The number of benzene rings is 2. The van der Waals surface area contributed by atoms with E-state index in [1.807, 2.05) is 24.3 Å². The van der Waals surface area contributed by atoms with Gasteiger partial charge in [0.25, 0.3) is 0 Å². The second kappa shape index (κ2) is 11.2. The third-order valence-electron chi connectivity index (χ3n) is 7.41. The highest BCUT2D eigenvalue weighted by molar-refractivity contribution is 6.19. The Morgan fingerprint density at radius 1 is 1.19 bits per heavy atom. The van der Waals surface area contributed by atoms with E-state index in [1.54, 1.807) is 12.1 Å². The zero-order valence-electron chi connectivity index (χ0n) is 21.0. The minimum Gasteiger partial charge on any atom is -0.490 e. The summed E-state index contributed by atoms with van der Waals surface area (Å²) in [4.78, 5) is 28.7. The molecule has 0 saturated carbocycles. The van der Waals surface area contributed by atoms with Crippen LogP contribution in [-0.4, -0.2) is 43.4 Å². The number of nitrogens with one attached hydrogen (secondary N) is 2. The Kier molecular flexibility index (Phi) is 7.62. The number of carbonyl (C=O) groups is 1. The van der Waals surface area contributed by atoms with Gasteiger partial charge in [-0.15, -0.1) is 0 Å². The van der Waals surface area contributed by atoms with Crippen molar-refractivity contribution in [3.63, 3.8) is 0 Å². The fourth-order valence-corrected chi connectivity index (χ4v) is 5.25. The molecule has 2 aromatic carbocycles. The number of nitro benzene ring substituents is 1. The number of anilines is 1. The summed E-state index contributed by atoms with van der Waals surface area (Å²) < 4.78 is 10.7. The summed E-state index contributed by atoms with van der Waals surface area (Å²) in [5.74, 6) is 0.550. The van der Waals surface area contributed by atoms with Crippen molar-refractivity contribution in [2.75, 3.05) is 32.2 Å². The number of aliphatic imine (C=N–C) groups is 1. The first kappa shape index (κ1) is 25.1. The Labute approximate surface area is 216 Å². The van der Waals surface area contributed by atoms with E-state index >= 15 is 0 Å². The van der Waals surface area contributed by atoms with Crippen LogP contribution in [0.15, 0.2) is 47.5 Å². The number of nitrogens with zero attached hydrogens (tertiary/aromatic N) is 2. The van der Waals surface area contributed by atoms with E-state index in [9.17, 15) is 14.9 Å². The first-order valence-electron chi connectivity index (χ1n) is 12.9. The number of allylic oxidation sites excluding steroid dienone is 2. The lowest BCUT2D eigenvalue weighted by molar-refractivity contribution is -0.385. The first-order valence-corrected chi connectivity index (χ1v) is 12.9. The van der Waals surface area contributed by atoms with Crippen molar-refractivity contribution in [3.05, 3.63) is 63.7 Å². The SMILES string of the molecule is COc1cc(C2=CC3=Nc4cc(CNCCC5CCOCC5)ccc4NC(=O)C3CC2)ccc1[N+](=O)[O-]. The predicted octanol–water partition coefficient (Wildman–Crippen LogP) is 5.03. The Balaban J connectivity index is 1.34. The fourth-order valence-electron chi connectivity index (χ4n) is 5.25. The van der Waals surface area contributed by atoms with Gasteiger partial charge >= 0.3 is 5.69 Å². The molecule has 1 saturated heterocycles. The average Bonchev–Trinajstić information content (AvgIpc) is 3.06. The zero-order chi connectivity index (χ0) is 25.8. The van der Waals surface area contributed by atoms with Crippen molar-refractivity contribution >= 4 is 34.3 Å². The number of hydrogen-bond donors (Lipinski definition) is 2. The van der Waals surface area contributed by atoms with Gasteiger partial charge in [-0.2, -0.15) is 0 Å². The van der Waals surface area contributed by atoms with Crippen molar-refractivity contribution in [3.8, 4) is 5.75 Å². The molecule has 2 N–H and O–H groups in total. The lowest BCUT2D eigenvalue weighted by Crippen LogP contribution is -2.29. The van der Waals surface area contributed by atoms with Gasteiger partial charge < -0.3 is 20.1 Å². The molecule has 0 spiro atoms. The fraction of sp³-hybridized carbons (Fsp3) is 0.429. The molecule has 5 rings (SSSR count). The molecule has 1 atom stereocenters. The summed E-state index contributed by atoms with van der Waals surface area (Å²) >= 11 is 0. The highest BCUT2D eigenvalue weighted by Crippen LogP contribution is 2.38. The van der Waals surface area contributed by atoms with Crippen LogP contribution in [0, 0.1) is 22.0 Å². The normalized spacial score (nSPS) is 19.6. The molecule has 2 heterocycles. The Bertz CT molecular complexity index is 1250. The van der Waals surface area contributed by atoms with Crippen LogP contribution >= 0.6 is 0 Å². The summed E-state index contributed by atoms with van der Waals surface area (Å²) in [6.45, 7) is 3.44. The number of hydrogen-bond acceptors (Lipinski definition) is 7. The molecule has 2 aliphatic heterocycles. The molecule has 1 aliphatic carbocycles. The van der Waals surface area contributed by atoms with E-state index < -0.39 is 4.92 Å². The van der Waals surface area contributed by atoms with Crippen LogP contribution in [0.1, 0.15) is 43.2 Å². The number of methoxy groups -OCH3 is 1. The molecular formula is C28H32N4O5. The highest BCUT2D eigenvalue weighted by Gasteiger charge is 2.31. The van der Waals surface area contributed by atoms with Crippen LogP contribution in [0.3, 0.4) is 0 Å². The van der Waals surface area contributed by atoms with Crippen molar-refractivity contribution in [1.82, 2.24) is 5.32 Å². The van der Waals surface area contributed by atoms with Gasteiger partial charge in [-0.3, -0.25) is 19.9 Å². The number of nitro groups is 1. The molecule has 37 heavy (non-hydrogen) atoms. The summed E-state index contributed by atoms with van der Waals surface area (Å²) in [6, 6.07) is 10.8. The van der Waals surface area contributed by atoms with E-state index in [2.05, 4.69) is 10.6 Å². The monoisotopic (exact) mass is 504 g/mol. The van der Waals surface area contributed by atoms with Crippen LogP contribution < -0.4 is 15.4 Å². The van der Waals surface area contributed by atoms with Crippen LogP contribution in [-0.2, 0) is 16.1 Å². The number of fused-ring (bicyclic) bond motifs is 2. The molecule has 0 bridgehead atoms. The van der Waals surface area contributed by atoms with Gasteiger partial charge in [0, 0.05) is 25.8 Å². The van der Waals surface area contributed by atoms with E-state index in [1.165, 1.54) is 13.2 Å². The van der Waals surface area contributed by atoms with Crippen LogP contribution in [0.2, 0.25) is 0 Å². The summed E-state index contributed by atoms with van der Waals surface area (Å²) in [7, 11) is 1.42. The minimum atomic E-state index is -0.456. The van der Waals surface area contributed by atoms with Crippen LogP contribution in [0.25, 0.3) is 5.57 Å². The maximum absolute atomic E-state index is 13.0. The lowest BCUT2D eigenvalue weighted by atomic mass is 9.84. The van der Waals surface area contributed by atoms with E-state index in [0.29, 0.717) is 24.2 Å². The van der Waals surface area contributed by atoms with Crippen molar-refractivity contribution in [2.45, 2.75) is 38.6 Å². The zero-order valence-corrected chi connectivity index (χ0v) is 21.0. The van der Waals surface area contributed by atoms with Crippen molar-refractivity contribution in [2.24, 2.45) is 16.8 Å². The van der Waals surface area contributed by atoms with Crippen molar-refractivity contribution < 1.29 is 19.2 Å². The highest BCUT2D eigenvalue weighted by atomic mass is 16.6. The molecule has 1 fully saturated rings. The molecule has 194 valence electrons. The molecule has 0 aromatic heterocycles. The predicted molar refractivity (Wildman–Crippen MR) is 142 cm³/mol. The van der Waals surface area contributed by atoms with Gasteiger partial charge in [0.15, 0.2) is 5.75 Å². The van der Waals surface area contributed by atoms with E-state index in [0.717, 1.165) is 73.9 Å². The third kappa shape index (κ3) is 5.73.